The Kier molecular flexibility index (Phi) is 8.74. The Hall–Kier alpha value is -1.66. The van der Waals surface area contributed by atoms with Crippen LogP contribution < -0.4 is 5.32 Å². The third-order valence-corrected chi connectivity index (χ3v) is 5.68. The van der Waals surface area contributed by atoms with Crippen LogP contribution in [0.4, 0.5) is 0 Å². The van der Waals surface area contributed by atoms with E-state index in [9.17, 15) is 0 Å². The zero-order valence-corrected chi connectivity index (χ0v) is 18.1. The van der Waals surface area contributed by atoms with Crippen LogP contribution in [0.3, 0.4) is 0 Å². The second-order valence-electron chi connectivity index (χ2n) is 8.06. The molecule has 5 heteroatoms. The molecule has 29 heavy (non-hydrogen) atoms. The van der Waals surface area contributed by atoms with E-state index in [-0.39, 0.29) is 6.10 Å². The van der Waals surface area contributed by atoms with Gasteiger partial charge in [-0.25, -0.2) is 0 Å². The maximum Gasteiger partial charge on any atom is 0.0878 e. The third-order valence-electron chi connectivity index (χ3n) is 5.68. The molecule has 1 N–H and O–H groups in total. The van der Waals surface area contributed by atoms with Crippen molar-refractivity contribution in [2.75, 3.05) is 40.5 Å². The van der Waals surface area contributed by atoms with E-state index in [1.165, 1.54) is 35.7 Å². The summed E-state index contributed by atoms with van der Waals surface area (Å²) in [4.78, 5) is 2.50. The maximum atomic E-state index is 5.25. The summed E-state index contributed by atoms with van der Waals surface area (Å²) in [5.74, 6) is 0. The summed E-state index contributed by atoms with van der Waals surface area (Å²) in [6.07, 6.45) is 9.45. The van der Waals surface area contributed by atoms with Crippen molar-refractivity contribution >= 4 is 10.9 Å². The number of benzene rings is 1. The highest BCUT2D eigenvalue weighted by atomic mass is 16.5. The van der Waals surface area contributed by atoms with E-state index in [1.807, 2.05) is 6.08 Å². The fraction of sp³-hybridized carbons (Fsp3) is 0.583. The molecule has 1 aliphatic carbocycles. The smallest absolute Gasteiger partial charge is 0.0878 e. The van der Waals surface area contributed by atoms with E-state index in [0.717, 1.165) is 51.9 Å². The lowest BCUT2D eigenvalue weighted by atomic mass is 10.1. The van der Waals surface area contributed by atoms with E-state index < -0.39 is 0 Å². The fourth-order valence-corrected chi connectivity index (χ4v) is 3.81. The van der Waals surface area contributed by atoms with Crippen molar-refractivity contribution in [3.8, 4) is 0 Å². The first-order valence-electron chi connectivity index (χ1n) is 10.9. The minimum atomic E-state index is 0.240. The number of rotatable bonds is 9. The van der Waals surface area contributed by atoms with Gasteiger partial charge in [-0.2, -0.15) is 0 Å². The second-order valence-corrected chi connectivity index (χ2v) is 8.06. The van der Waals surface area contributed by atoms with Gasteiger partial charge in [0.05, 0.1) is 12.7 Å². The summed E-state index contributed by atoms with van der Waals surface area (Å²) in [5.41, 5.74) is 2.83. The van der Waals surface area contributed by atoms with E-state index in [0.29, 0.717) is 0 Å². The van der Waals surface area contributed by atoms with Gasteiger partial charge in [0.2, 0.25) is 0 Å². The maximum absolute atomic E-state index is 5.25. The zero-order chi connectivity index (χ0) is 20.5. The average Bonchev–Trinajstić information content (AvgIpc) is 3.57. The Morgan fingerprint density at radius 2 is 2.14 bits per heavy atom. The van der Waals surface area contributed by atoms with Gasteiger partial charge in [0, 0.05) is 63.0 Å². The van der Waals surface area contributed by atoms with E-state index in [1.54, 1.807) is 7.11 Å². The quantitative estimate of drug-likeness (QED) is 0.514. The molecule has 2 aliphatic rings. The number of nitrogens with zero attached hydrogens (tertiary/aromatic N) is 2. The zero-order valence-electron chi connectivity index (χ0n) is 18.1. The summed E-state index contributed by atoms with van der Waals surface area (Å²) in [7, 11) is 4.03. The van der Waals surface area contributed by atoms with Gasteiger partial charge >= 0.3 is 0 Å². The third kappa shape index (κ3) is 6.68. The molecule has 0 spiro atoms. The van der Waals surface area contributed by atoms with Gasteiger partial charge in [-0.1, -0.05) is 24.3 Å². The molecule has 1 aromatic carbocycles. The predicted molar refractivity (Wildman–Crippen MR) is 120 cm³/mol. The SMILES string of the molecule is C=CC1CNCCO1.COCCCCn1cc(CN(C)C2CC2)c2ccccc21. The van der Waals surface area contributed by atoms with Crippen molar-refractivity contribution < 1.29 is 9.47 Å². The highest BCUT2D eigenvalue weighted by Gasteiger charge is 2.26. The molecule has 0 radical (unpaired) electrons. The monoisotopic (exact) mass is 399 g/mol. The Balaban J connectivity index is 0.000000252. The second kappa shape index (κ2) is 11.5. The Morgan fingerprint density at radius 3 is 2.79 bits per heavy atom. The topological polar surface area (TPSA) is 38.7 Å². The van der Waals surface area contributed by atoms with Crippen molar-refractivity contribution in [1.82, 2.24) is 14.8 Å². The Morgan fingerprint density at radius 1 is 1.31 bits per heavy atom. The van der Waals surface area contributed by atoms with E-state index >= 15 is 0 Å². The van der Waals surface area contributed by atoms with Gasteiger partial charge in [-0.05, 0) is 44.4 Å². The number of ether oxygens (including phenoxy) is 2. The number of fused-ring (bicyclic) bond motifs is 1. The van der Waals surface area contributed by atoms with Crippen molar-refractivity contribution in [2.24, 2.45) is 0 Å². The molecule has 2 fully saturated rings. The molecule has 0 bridgehead atoms. The van der Waals surface area contributed by atoms with Crippen LogP contribution in [-0.2, 0) is 22.6 Å². The van der Waals surface area contributed by atoms with Gasteiger partial charge in [0.25, 0.3) is 0 Å². The standard InChI is InChI=1S/C18H26N2O.C6H11NO/c1-19(16-9-10-16)13-15-14-20(11-5-6-12-21-2)18-8-4-3-7-17(15)18;1-2-6-5-7-3-4-8-6/h3-4,7-8,14,16H,5-6,9-13H2,1-2H3;2,6-7H,1,3-5H2. The summed E-state index contributed by atoms with van der Waals surface area (Å²) < 4.78 is 12.8. The summed E-state index contributed by atoms with van der Waals surface area (Å²) in [6.45, 7) is 9.34. The van der Waals surface area contributed by atoms with Crippen LogP contribution in [0.1, 0.15) is 31.2 Å². The first-order valence-corrected chi connectivity index (χ1v) is 10.9. The van der Waals surface area contributed by atoms with Crippen molar-refractivity contribution in [3.63, 3.8) is 0 Å². The molecule has 1 aliphatic heterocycles. The van der Waals surface area contributed by atoms with E-state index in [2.05, 4.69) is 58.9 Å². The average molecular weight is 400 g/mol. The lowest BCUT2D eigenvalue weighted by Crippen LogP contribution is -2.37. The molecule has 2 aromatic rings. The fourth-order valence-electron chi connectivity index (χ4n) is 3.81. The number of morpholine rings is 1. The van der Waals surface area contributed by atoms with Crippen LogP contribution >= 0.6 is 0 Å². The van der Waals surface area contributed by atoms with Crippen LogP contribution in [0, 0.1) is 0 Å². The van der Waals surface area contributed by atoms with Crippen LogP contribution in [0.15, 0.2) is 43.1 Å². The molecule has 1 aromatic heterocycles. The molecular weight excluding hydrogens is 362 g/mol. The predicted octanol–water partition coefficient (Wildman–Crippen LogP) is 3.82. The number of aryl methyl sites for hydroxylation is 1. The van der Waals surface area contributed by atoms with Gasteiger partial charge in [0.15, 0.2) is 0 Å². The van der Waals surface area contributed by atoms with E-state index in [4.69, 9.17) is 9.47 Å². The Labute approximate surface area is 175 Å². The number of nitrogens with one attached hydrogen (secondary N) is 1. The minimum Gasteiger partial charge on any atom is -0.385 e. The van der Waals surface area contributed by atoms with Gasteiger partial charge in [0.1, 0.15) is 0 Å². The Bertz CT molecular complexity index is 748. The van der Waals surface area contributed by atoms with Gasteiger partial charge in [-0.15, -0.1) is 6.58 Å². The number of para-hydroxylation sites is 1. The van der Waals surface area contributed by atoms with Crippen LogP contribution in [0.2, 0.25) is 0 Å². The number of methoxy groups -OCH3 is 1. The molecular formula is C24H37N3O2. The molecule has 0 amide bonds. The number of hydrogen-bond acceptors (Lipinski definition) is 4. The summed E-state index contributed by atoms with van der Waals surface area (Å²) in [5, 5.41) is 4.60. The normalized spacial score (nSPS) is 19.2. The van der Waals surface area contributed by atoms with Gasteiger partial charge in [-0.3, -0.25) is 4.90 Å². The van der Waals surface area contributed by atoms with Crippen molar-refractivity contribution in [1.29, 1.82) is 0 Å². The lowest BCUT2D eigenvalue weighted by Gasteiger charge is -2.19. The number of hydrogen-bond donors (Lipinski definition) is 1. The molecule has 2 heterocycles. The molecule has 1 saturated heterocycles. The van der Waals surface area contributed by atoms with Crippen LogP contribution in [-0.4, -0.2) is 62.1 Å². The lowest BCUT2D eigenvalue weighted by molar-refractivity contribution is 0.0594. The number of unbranched alkanes of at least 4 members (excludes halogenated alkanes) is 1. The largest absolute Gasteiger partial charge is 0.385 e. The summed E-state index contributed by atoms with van der Waals surface area (Å²) in [6, 6.07) is 9.61. The van der Waals surface area contributed by atoms with Crippen molar-refractivity contribution in [3.05, 3.63) is 48.7 Å². The summed E-state index contributed by atoms with van der Waals surface area (Å²) >= 11 is 0. The van der Waals surface area contributed by atoms with Crippen molar-refractivity contribution in [2.45, 2.75) is 50.9 Å². The van der Waals surface area contributed by atoms with Gasteiger partial charge < -0.3 is 19.4 Å². The highest BCUT2D eigenvalue weighted by molar-refractivity contribution is 5.83. The molecule has 1 unspecified atom stereocenters. The first-order chi connectivity index (χ1) is 14.2. The van der Waals surface area contributed by atoms with Crippen LogP contribution in [0.5, 0.6) is 0 Å². The molecule has 4 rings (SSSR count). The minimum absolute atomic E-state index is 0.240. The molecule has 160 valence electrons. The van der Waals surface area contributed by atoms with Crippen LogP contribution in [0.25, 0.3) is 10.9 Å². The first kappa shape index (κ1) is 22.0. The molecule has 1 atom stereocenters. The molecule has 1 saturated carbocycles. The molecule has 5 nitrogen and oxygen atoms in total. The number of aromatic nitrogens is 1. The highest BCUT2D eigenvalue weighted by Crippen LogP contribution is 2.29.